The number of nitrogens with one attached hydrogen (secondary N) is 1. The average molecular weight is 293 g/mol. The molecule has 3 atom stereocenters. The van der Waals surface area contributed by atoms with Gasteiger partial charge in [-0.3, -0.25) is 4.79 Å². The monoisotopic (exact) mass is 292 g/mol. The summed E-state index contributed by atoms with van der Waals surface area (Å²) in [6.07, 6.45) is 2.80. The first-order valence-corrected chi connectivity index (χ1v) is 6.90. The lowest BCUT2D eigenvalue weighted by Crippen LogP contribution is -2.50. The number of nitrogens with zero attached hydrogens (tertiary/aromatic N) is 1. The molecule has 3 unspecified atom stereocenters. The van der Waals surface area contributed by atoms with Crippen molar-refractivity contribution in [3.8, 4) is 0 Å². The fourth-order valence-electron chi connectivity index (χ4n) is 2.64. The molecule has 2 heterocycles. The van der Waals surface area contributed by atoms with E-state index >= 15 is 0 Å². The summed E-state index contributed by atoms with van der Waals surface area (Å²) in [5.74, 6) is 0.162. The zero-order chi connectivity index (χ0) is 13.0. The second-order valence-electron chi connectivity index (χ2n) is 5.32. The number of carbonyl (C=O) groups is 1. The molecule has 0 aromatic carbocycles. The first-order chi connectivity index (χ1) is 8.65. The highest BCUT2D eigenvalue weighted by molar-refractivity contribution is 5.85. The summed E-state index contributed by atoms with van der Waals surface area (Å²) in [6, 6.07) is 0. The third-order valence-electron chi connectivity index (χ3n) is 3.44. The van der Waals surface area contributed by atoms with Crippen LogP contribution in [0.15, 0.2) is 0 Å². The van der Waals surface area contributed by atoms with Gasteiger partial charge in [-0.25, -0.2) is 0 Å². The number of halogens is 1. The van der Waals surface area contributed by atoms with Gasteiger partial charge in [0, 0.05) is 26.2 Å². The number of amides is 1. The SMILES string of the molecule is CC1CN(C(=O)CNCC2CCCO2)CC(C)O1.Cl. The van der Waals surface area contributed by atoms with Gasteiger partial charge in [0.15, 0.2) is 0 Å². The van der Waals surface area contributed by atoms with Crippen molar-refractivity contribution in [2.75, 3.05) is 32.8 Å². The Morgan fingerprint density at radius 1 is 1.32 bits per heavy atom. The van der Waals surface area contributed by atoms with Gasteiger partial charge in [0.25, 0.3) is 0 Å². The van der Waals surface area contributed by atoms with Gasteiger partial charge in [-0.2, -0.15) is 0 Å². The average Bonchev–Trinajstić information content (AvgIpc) is 2.80. The molecule has 6 heteroatoms. The van der Waals surface area contributed by atoms with Crippen LogP contribution in [0.25, 0.3) is 0 Å². The van der Waals surface area contributed by atoms with Gasteiger partial charge in [0.2, 0.25) is 5.91 Å². The molecule has 2 fully saturated rings. The predicted octanol–water partition coefficient (Wildman–Crippen LogP) is 0.813. The van der Waals surface area contributed by atoms with E-state index in [4.69, 9.17) is 9.47 Å². The molecule has 5 nitrogen and oxygen atoms in total. The van der Waals surface area contributed by atoms with Crippen molar-refractivity contribution in [1.82, 2.24) is 10.2 Å². The van der Waals surface area contributed by atoms with Crippen LogP contribution < -0.4 is 5.32 Å². The maximum absolute atomic E-state index is 12.0. The molecule has 2 saturated heterocycles. The summed E-state index contributed by atoms with van der Waals surface area (Å²) in [4.78, 5) is 13.9. The smallest absolute Gasteiger partial charge is 0.236 e. The molecule has 0 aliphatic carbocycles. The maximum Gasteiger partial charge on any atom is 0.236 e. The fraction of sp³-hybridized carbons (Fsp3) is 0.923. The number of rotatable bonds is 4. The van der Waals surface area contributed by atoms with Crippen molar-refractivity contribution in [2.24, 2.45) is 0 Å². The van der Waals surface area contributed by atoms with Crippen molar-refractivity contribution in [1.29, 1.82) is 0 Å². The van der Waals surface area contributed by atoms with Crippen molar-refractivity contribution >= 4 is 18.3 Å². The van der Waals surface area contributed by atoms with E-state index in [0.717, 1.165) is 26.0 Å². The molecular formula is C13H25ClN2O3. The van der Waals surface area contributed by atoms with E-state index < -0.39 is 0 Å². The second kappa shape index (κ2) is 8.04. The van der Waals surface area contributed by atoms with E-state index in [1.165, 1.54) is 0 Å². The Morgan fingerprint density at radius 2 is 2.00 bits per heavy atom. The van der Waals surface area contributed by atoms with E-state index in [-0.39, 0.29) is 30.5 Å². The van der Waals surface area contributed by atoms with E-state index in [1.807, 2.05) is 18.7 Å². The summed E-state index contributed by atoms with van der Waals surface area (Å²) in [5.41, 5.74) is 0. The molecule has 2 rings (SSSR count). The number of morpholine rings is 1. The molecule has 0 aromatic heterocycles. The molecular weight excluding hydrogens is 268 g/mol. The molecule has 2 aliphatic rings. The van der Waals surface area contributed by atoms with Gasteiger partial charge in [0.05, 0.1) is 24.9 Å². The molecule has 0 radical (unpaired) electrons. The minimum Gasteiger partial charge on any atom is -0.377 e. The van der Waals surface area contributed by atoms with Gasteiger partial charge in [0.1, 0.15) is 0 Å². The number of hydrogen-bond donors (Lipinski definition) is 1. The van der Waals surface area contributed by atoms with Crippen LogP contribution in [0, 0.1) is 0 Å². The Labute approximate surface area is 121 Å². The predicted molar refractivity (Wildman–Crippen MR) is 75.7 cm³/mol. The largest absolute Gasteiger partial charge is 0.377 e. The lowest BCUT2D eigenvalue weighted by Gasteiger charge is -2.35. The van der Waals surface area contributed by atoms with Gasteiger partial charge in [-0.1, -0.05) is 0 Å². The van der Waals surface area contributed by atoms with Gasteiger partial charge in [-0.15, -0.1) is 12.4 Å². The summed E-state index contributed by atoms with van der Waals surface area (Å²) >= 11 is 0. The molecule has 0 saturated carbocycles. The molecule has 1 N–H and O–H groups in total. The normalized spacial score (nSPS) is 31.1. The Balaban J connectivity index is 0.00000180. The Bertz CT molecular complexity index is 275. The highest BCUT2D eigenvalue weighted by Crippen LogP contribution is 2.11. The summed E-state index contributed by atoms with van der Waals surface area (Å²) in [6.45, 7) is 7.46. The minimum atomic E-state index is 0. The quantitative estimate of drug-likeness (QED) is 0.833. The van der Waals surface area contributed by atoms with Crippen LogP contribution >= 0.6 is 12.4 Å². The Kier molecular flexibility index (Phi) is 7.07. The first-order valence-electron chi connectivity index (χ1n) is 6.90. The third-order valence-corrected chi connectivity index (χ3v) is 3.44. The number of hydrogen-bond acceptors (Lipinski definition) is 4. The lowest BCUT2D eigenvalue weighted by atomic mass is 10.2. The third kappa shape index (κ3) is 5.26. The van der Waals surface area contributed by atoms with Gasteiger partial charge in [-0.05, 0) is 26.7 Å². The van der Waals surface area contributed by atoms with Crippen molar-refractivity contribution in [3.05, 3.63) is 0 Å². The van der Waals surface area contributed by atoms with Crippen LogP contribution in [0.1, 0.15) is 26.7 Å². The minimum absolute atomic E-state index is 0. The molecule has 112 valence electrons. The molecule has 0 aromatic rings. The number of carbonyl (C=O) groups excluding carboxylic acids is 1. The highest BCUT2D eigenvalue weighted by Gasteiger charge is 2.25. The van der Waals surface area contributed by atoms with Crippen LogP contribution in [0.4, 0.5) is 0 Å². The molecule has 0 bridgehead atoms. The van der Waals surface area contributed by atoms with E-state index in [0.29, 0.717) is 25.7 Å². The van der Waals surface area contributed by atoms with Crippen LogP contribution in [-0.4, -0.2) is 61.9 Å². The Morgan fingerprint density at radius 3 is 2.58 bits per heavy atom. The number of ether oxygens (including phenoxy) is 2. The van der Waals surface area contributed by atoms with Crippen molar-refractivity contribution in [2.45, 2.75) is 45.0 Å². The zero-order valence-corrected chi connectivity index (χ0v) is 12.6. The van der Waals surface area contributed by atoms with E-state index in [2.05, 4.69) is 5.32 Å². The molecule has 2 aliphatic heterocycles. The lowest BCUT2D eigenvalue weighted by molar-refractivity contribution is -0.142. The van der Waals surface area contributed by atoms with Crippen molar-refractivity contribution in [3.63, 3.8) is 0 Å². The second-order valence-corrected chi connectivity index (χ2v) is 5.32. The van der Waals surface area contributed by atoms with Crippen LogP contribution in [0.3, 0.4) is 0 Å². The highest BCUT2D eigenvalue weighted by atomic mass is 35.5. The maximum atomic E-state index is 12.0. The molecule has 0 spiro atoms. The summed E-state index contributed by atoms with van der Waals surface area (Å²) < 4.78 is 11.1. The fourth-order valence-corrected chi connectivity index (χ4v) is 2.64. The Hall–Kier alpha value is -0.360. The summed E-state index contributed by atoms with van der Waals surface area (Å²) in [7, 11) is 0. The summed E-state index contributed by atoms with van der Waals surface area (Å²) in [5, 5.41) is 3.20. The van der Waals surface area contributed by atoms with Crippen molar-refractivity contribution < 1.29 is 14.3 Å². The van der Waals surface area contributed by atoms with Gasteiger partial charge >= 0.3 is 0 Å². The van der Waals surface area contributed by atoms with Crippen LogP contribution in [0.2, 0.25) is 0 Å². The standard InChI is InChI=1S/C13H24N2O3.ClH/c1-10-8-15(9-11(2)18-10)13(16)7-14-6-12-4-3-5-17-12;/h10-12,14H,3-9H2,1-2H3;1H. The molecule has 1 amide bonds. The zero-order valence-electron chi connectivity index (χ0n) is 11.8. The van der Waals surface area contributed by atoms with E-state index in [9.17, 15) is 4.79 Å². The van der Waals surface area contributed by atoms with E-state index in [1.54, 1.807) is 0 Å². The van der Waals surface area contributed by atoms with Crippen LogP contribution in [0.5, 0.6) is 0 Å². The topological polar surface area (TPSA) is 50.8 Å². The first kappa shape index (κ1) is 16.7. The van der Waals surface area contributed by atoms with Gasteiger partial charge < -0.3 is 19.7 Å². The van der Waals surface area contributed by atoms with Crippen LogP contribution in [-0.2, 0) is 14.3 Å². The molecule has 19 heavy (non-hydrogen) atoms.